The Bertz CT molecular complexity index is 1440. The minimum absolute atomic E-state index is 0.229. The molecule has 4 aromatic rings. The van der Waals surface area contributed by atoms with Crippen LogP contribution in [0.15, 0.2) is 107 Å². The lowest BCUT2D eigenvalue weighted by atomic mass is 10.1. The molecule has 1 aliphatic heterocycles. The van der Waals surface area contributed by atoms with Gasteiger partial charge in [0.2, 0.25) is 9.84 Å². The van der Waals surface area contributed by atoms with Gasteiger partial charge >= 0.3 is 0 Å². The van der Waals surface area contributed by atoms with Gasteiger partial charge in [0.25, 0.3) is 0 Å². The third kappa shape index (κ3) is 5.02. The Balaban J connectivity index is 1.43. The first kappa shape index (κ1) is 23.8. The highest BCUT2D eigenvalue weighted by molar-refractivity contribution is 7.91. The Kier molecular flexibility index (Phi) is 6.82. The highest BCUT2D eigenvalue weighted by atomic mass is 32.2. The van der Waals surface area contributed by atoms with E-state index in [1.807, 2.05) is 67.6 Å². The molecule has 0 spiro atoms. The molecule has 36 heavy (non-hydrogen) atoms. The average molecular weight is 501 g/mol. The van der Waals surface area contributed by atoms with Crippen LogP contribution in [0.3, 0.4) is 0 Å². The van der Waals surface area contributed by atoms with Crippen LogP contribution in [0.1, 0.15) is 18.1 Å². The van der Waals surface area contributed by atoms with Gasteiger partial charge in [-0.1, -0.05) is 36.4 Å². The zero-order valence-electron chi connectivity index (χ0n) is 20.1. The molecule has 1 aliphatic rings. The van der Waals surface area contributed by atoms with Crippen molar-refractivity contribution in [2.75, 3.05) is 23.6 Å². The van der Waals surface area contributed by atoms with E-state index in [1.165, 1.54) is 0 Å². The number of hydrogen-bond acceptors (Lipinski definition) is 6. The van der Waals surface area contributed by atoms with E-state index in [2.05, 4.69) is 10.2 Å². The fraction of sp³-hybridized carbons (Fsp3) is 0.172. The molecule has 0 fully saturated rings. The summed E-state index contributed by atoms with van der Waals surface area (Å²) in [5.41, 5.74) is 3.59. The molecule has 0 saturated heterocycles. The van der Waals surface area contributed by atoms with Gasteiger partial charge in [-0.15, -0.1) is 0 Å². The molecule has 0 aromatic heterocycles. The Labute approximate surface area is 212 Å². The summed E-state index contributed by atoms with van der Waals surface area (Å²) in [6.45, 7) is 3.82. The van der Waals surface area contributed by atoms with Crippen molar-refractivity contribution < 1.29 is 17.9 Å². The number of benzene rings is 4. The number of ether oxygens (including phenoxy) is 2. The molecule has 1 N–H and O–H groups in total. The van der Waals surface area contributed by atoms with Crippen molar-refractivity contribution in [3.63, 3.8) is 0 Å². The Morgan fingerprint density at radius 1 is 0.889 bits per heavy atom. The third-order valence-corrected chi connectivity index (χ3v) is 7.85. The maximum Gasteiger partial charge on any atom is 0.206 e. The van der Waals surface area contributed by atoms with Crippen LogP contribution in [0.25, 0.3) is 0 Å². The number of nitrogens with one attached hydrogen (secondary N) is 1. The van der Waals surface area contributed by atoms with Crippen LogP contribution in [0.4, 0.5) is 11.4 Å². The first-order valence-electron chi connectivity index (χ1n) is 11.9. The van der Waals surface area contributed by atoms with Crippen molar-refractivity contribution in [2.45, 2.75) is 29.8 Å². The van der Waals surface area contributed by atoms with E-state index in [4.69, 9.17) is 9.47 Å². The Hall–Kier alpha value is -3.97. The summed E-state index contributed by atoms with van der Waals surface area (Å²) >= 11 is 0. The van der Waals surface area contributed by atoms with Gasteiger partial charge < -0.3 is 19.7 Å². The number of nitrogens with zero attached hydrogens (tertiary/aromatic N) is 1. The number of hydrogen-bond donors (Lipinski definition) is 1. The number of para-hydroxylation sites is 2. The van der Waals surface area contributed by atoms with Crippen molar-refractivity contribution in [3.8, 4) is 11.5 Å². The van der Waals surface area contributed by atoms with Gasteiger partial charge in [-0.05, 0) is 67.6 Å². The fourth-order valence-electron chi connectivity index (χ4n) is 4.24. The first-order valence-corrected chi connectivity index (χ1v) is 13.4. The quantitative estimate of drug-likeness (QED) is 0.326. The summed E-state index contributed by atoms with van der Waals surface area (Å²) < 4.78 is 39.0. The van der Waals surface area contributed by atoms with E-state index in [1.54, 1.807) is 36.4 Å². The average Bonchev–Trinajstić information content (AvgIpc) is 2.93. The van der Waals surface area contributed by atoms with Gasteiger partial charge in [0.1, 0.15) is 11.5 Å². The van der Waals surface area contributed by atoms with E-state index in [0.717, 1.165) is 22.5 Å². The third-order valence-electron chi connectivity index (χ3n) is 6.10. The van der Waals surface area contributed by atoms with Crippen LogP contribution in [0.5, 0.6) is 11.5 Å². The lowest BCUT2D eigenvalue weighted by Crippen LogP contribution is -2.31. The van der Waals surface area contributed by atoms with Crippen LogP contribution in [0, 0.1) is 0 Å². The smallest absolute Gasteiger partial charge is 0.206 e. The molecule has 0 unspecified atom stereocenters. The minimum Gasteiger partial charge on any atom is -0.494 e. The highest BCUT2D eigenvalue weighted by Gasteiger charge is 2.24. The van der Waals surface area contributed by atoms with Crippen LogP contribution >= 0.6 is 0 Å². The van der Waals surface area contributed by atoms with Crippen LogP contribution in [0.2, 0.25) is 0 Å². The van der Waals surface area contributed by atoms with Gasteiger partial charge in [0.15, 0.2) is 6.73 Å². The van der Waals surface area contributed by atoms with Crippen molar-refractivity contribution in [1.82, 2.24) is 0 Å². The van der Waals surface area contributed by atoms with E-state index in [9.17, 15) is 8.42 Å². The summed E-state index contributed by atoms with van der Waals surface area (Å²) in [7, 11) is -3.75. The van der Waals surface area contributed by atoms with Crippen molar-refractivity contribution >= 4 is 21.2 Å². The molecule has 184 valence electrons. The Morgan fingerprint density at radius 2 is 1.58 bits per heavy atom. The Morgan fingerprint density at radius 3 is 2.33 bits per heavy atom. The molecule has 6 nitrogen and oxygen atoms in total. The van der Waals surface area contributed by atoms with Crippen molar-refractivity contribution in [3.05, 3.63) is 108 Å². The lowest BCUT2D eigenvalue weighted by molar-refractivity contribution is 0.289. The molecule has 1 heterocycles. The summed E-state index contributed by atoms with van der Waals surface area (Å²) in [4.78, 5) is 2.54. The standard InChI is InChI=1S/C29H28N2O4S/c1-2-34-28-15-13-26(17-22(28)19-30-24-9-5-3-6-10-24)36(32,33)27-14-16-29-23(18-27)20-31(21-35-29)25-11-7-4-8-12-25/h3-18,30H,2,19-21H2,1H3. The number of anilines is 2. The molecule has 7 heteroatoms. The maximum atomic E-state index is 13.7. The molecule has 0 amide bonds. The number of fused-ring (bicyclic) bond motifs is 1. The predicted octanol–water partition coefficient (Wildman–Crippen LogP) is 5.89. The SMILES string of the molecule is CCOc1ccc(S(=O)(=O)c2ccc3c(c2)CN(c2ccccc2)CO3)cc1CNc1ccccc1. The predicted molar refractivity (Wildman–Crippen MR) is 141 cm³/mol. The minimum atomic E-state index is -3.75. The van der Waals surface area contributed by atoms with E-state index >= 15 is 0 Å². The monoisotopic (exact) mass is 500 g/mol. The molecule has 0 saturated carbocycles. The summed E-state index contributed by atoms with van der Waals surface area (Å²) in [6, 6.07) is 29.8. The van der Waals surface area contributed by atoms with E-state index in [-0.39, 0.29) is 9.79 Å². The fourth-order valence-corrected chi connectivity index (χ4v) is 5.60. The zero-order valence-corrected chi connectivity index (χ0v) is 20.9. The lowest BCUT2D eigenvalue weighted by Gasteiger charge is -2.31. The zero-order chi connectivity index (χ0) is 25.0. The number of sulfone groups is 1. The van der Waals surface area contributed by atoms with Gasteiger partial charge in [0, 0.05) is 35.6 Å². The number of rotatable bonds is 8. The normalized spacial score (nSPS) is 13.0. The summed E-state index contributed by atoms with van der Waals surface area (Å²) in [5.74, 6) is 1.37. The summed E-state index contributed by atoms with van der Waals surface area (Å²) in [5, 5.41) is 3.34. The molecule has 4 aromatic carbocycles. The van der Waals surface area contributed by atoms with Gasteiger partial charge in [-0.25, -0.2) is 8.42 Å². The van der Waals surface area contributed by atoms with E-state index in [0.29, 0.717) is 37.9 Å². The van der Waals surface area contributed by atoms with Crippen LogP contribution in [-0.4, -0.2) is 21.8 Å². The van der Waals surface area contributed by atoms with E-state index < -0.39 is 9.84 Å². The van der Waals surface area contributed by atoms with Crippen molar-refractivity contribution in [2.24, 2.45) is 0 Å². The van der Waals surface area contributed by atoms with Crippen molar-refractivity contribution in [1.29, 1.82) is 0 Å². The second-order valence-electron chi connectivity index (χ2n) is 8.50. The highest BCUT2D eigenvalue weighted by Crippen LogP contribution is 2.33. The molecule has 0 bridgehead atoms. The largest absolute Gasteiger partial charge is 0.494 e. The van der Waals surface area contributed by atoms with Gasteiger partial charge in [-0.3, -0.25) is 0 Å². The van der Waals surface area contributed by atoms with Gasteiger partial charge in [-0.2, -0.15) is 0 Å². The molecule has 0 atom stereocenters. The van der Waals surface area contributed by atoms with Gasteiger partial charge in [0.05, 0.1) is 16.4 Å². The molecular weight excluding hydrogens is 472 g/mol. The summed E-state index contributed by atoms with van der Waals surface area (Å²) in [6.07, 6.45) is 0. The van der Waals surface area contributed by atoms with Crippen LogP contribution < -0.4 is 19.7 Å². The second kappa shape index (κ2) is 10.3. The second-order valence-corrected chi connectivity index (χ2v) is 10.5. The maximum absolute atomic E-state index is 13.7. The molecule has 0 radical (unpaired) electrons. The first-order chi connectivity index (χ1) is 17.5. The molecule has 0 aliphatic carbocycles. The van der Waals surface area contributed by atoms with Crippen LogP contribution in [-0.2, 0) is 22.9 Å². The molecular formula is C29H28N2O4S. The molecule has 5 rings (SSSR count). The topological polar surface area (TPSA) is 67.9 Å².